The maximum Gasteiger partial charge on any atom is 0.219 e. The summed E-state index contributed by atoms with van der Waals surface area (Å²) in [6.07, 6.45) is 4.37. The number of nitrogens with one attached hydrogen (secondary N) is 1. The van der Waals surface area contributed by atoms with Crippen LogP contribution in [0.2, 0.25) is 10.0 Å². The van der Waals surface area contributed by atoms with Crippen molar-refractivity contribution in [3.63, 3.8) is 0 Å². The quantitative estimate of drug-likeness (QED) is 0.887. The molecule has 0 amide bonds. The van der Waals surface area contributed by atoms with E-state index in [4.69, 9.17) is 27.9 Å². The molecule has 1 fully saturated rings. The molecule has 1 heterocycles. The van der Waals surface area contributed by atoms with Crippen LogP contribution in [0.25, 0.3) is 0 Å². The van der Waals surface area contributed by atoms with Crippen LogP contribution in [-0.4, -0.2) is 11.0 Å². The molecule has 1 saturated carbocycles. The van der Waals surface area contributed by atoms with E-state index in [0.29, 0.717) is 27.7 Å². The molecule has 0 aliphatic heterocycles. The summed E-state index contributed by atoms with van der Waals surface area (Å²) >= 11 is 12.0. The van der Waals surface area contributed by atoms with Gasteiger partial charge in [-0.25, -0.2) is 4.98 Å². The fourth-order valence-electron chi connectivity index (χ4n) is 1.79. The van der Waals surface area contributed by atoms with Gasteiger partial charge in [-0.2, -0.15) is 0 Å². The first-order valence-corrected chi connectivity index (χ1v) is 7.27. The highest BCUT2D eigenvalue weighted by molar-refractivity contribution is 6.34. The van der Waals surface area contributed by atoms with Crippen molar-refractivity contribution < 1.29 is 4.74 Å². The average Bonchev–Trinajstić information content (AvgIpc) is 3.26. The molecule has 0 radical (unpaired) electrons. The summed E-state index contributed by atoms with van der Waals surface area (Å²) in [6.45, 7) is 0.843. The van der Waals surface area contributed by atoms with Gasteiger partial charge in [0.15, 0.2) is 0 Å². The lowest BCUT2D eigenvalue weighted by Crippen LogP contribution is -2.15. The Morgan fingerprint density at radius 2 is 2.05 bits per heavy atom. The van der Waals surface area contributed by atoms with Crippen molar-refractivity contribution in [2.45, 2.75) is 25.4 Å². The number of rotatable bonds is 5. The first-order chi connectivity index (χ1) is 9.70. The molecule has 20 heavy (non-hydrogen) atoms. The molecule has 0 saturated heterocycles. The summed E-state index contributed by atoms with van der Waals surface area (Å²) in [4.78, 5) is 4.28. The van der Waals surface area contributed by atoms with Crippen molar-refractivity contribution in [2.24, 2.45) is 0 Å². The van der Waals surface area contributed by atoms with Crippen molar-refractivity contribution >= 4 is 23.2 Å². The highest BCUT2D eigenvalue weighted by Gasteiger charge is 2.19. The molecule has 1 aliphatic rings. The Labute approximate surface area is 127 Å². The highest BCUT2D eigenvalue weighted by atomic mass is 35.5. The topological polar surface area (TPSA) is 34.1 Å². The van der Waals surface area contributed by atoms with Gasteiger partial charge in [0.05, 0.1) is 5.02 Å². The summed E-state index contributed by atoms with van der Waals surface area (Å²) in [5.41, 5.74) is 1.14. The third-order valence-electron chi connectivity index (χ3n) is 3.08. The normalized spacial score (nSPS) is 14.3. The highest BCUT2D eigenvalue weighted by Crippen LogP contribution is 2.31. The minimum absolute atomic E-state index is 0.504. The second-order valence-corrected chi connectivity index (χ2v) is 5.68. The fourth-order valence-corrected chi connectivity index (χ4v) is 2.11. The number of aromatic nitrogens is 1. The summed E-state index contributed by atoms with van der Waals surface area (Å²) in [5, 5.41) is 4.53. The van der Waals surface area contributed by atoms with Crippen molar-refractivity contribution in [3.05, 3.63) is 52.1 Å². The number of nitrogens with zero attached hydrogens (tertiary/aromatic N) is 1. The number of hydrogen-bond acceptors (Lipinski definition) is 3. The molecule has 5 heteroatoms. The monoisotopic (exact) mass is 308 g/mol. The van der Waals surface area contributed by atoms with Crippen LogP contribution >= 0.6 is 23.2 Å². The van der Waals surface area contributed by atoms with E-state index >= 15 is 0 Å². The Morgan fingerprint density at radius 1 is 1.20 bits per heavy atom. The minimum Gasteiger partial charge on any atom is -0.437 e. The third kappa shape index (κ3) is 3.63. The van der Waals surface area contributed by atoms with Gasteiger partial charge in [-0.1, -0.05) is 29.3 Å². The molecule has 1 aliphatic carbocycles. The fraction of sp³-hybridized carbons (Fsp3) is 0.267. The molecule has 0 bridgehead atoms. The Hall–Kier alpha value is -1.29. The Kier molecular flexibility index (Phi) is 4.10. The van der Waals surface area contributed by atoms with Gasteiger partial charge < -0.3 is 10.1 Å². The third-order valence-corrected chi connectivity index (χ3v) is 3.62. The van der Waals surface area contributed by atoms with Crippen LogP contribution in [0.15, 0.2) is 36.5 Å². The summed E-state index contributed by atoms with van der Waals surface area (Å²) < 4.78 is 5.63. The van der Waals surface area contributed by atoms with Gasteiger partial charge in [0, 0.05) is 35.9 Å². The molecular formula is C15H14Cl2N2O. The second kappa shape index (κ2) is 6.00. The van der Waals surface area contributed by atoms with E-state index in [1.165, 1.54) is 12.8 Å². The van der Waals surface area contributed by atoms with Crippen LogP contribution in [0.4, 0.5) is 0 Å². The molecular weight excluding hydrogens is 295 g/mol. The molecule has 0 spiro atoms. The van der Waals surface area contributed by atoms with Gasteiger partial charge in [0.1, 0.15) is 5.75 Å². The molecule has 3 nitrogen and oxygen atoms in total. The second-order valence-electron chi connectivity index (χ2n) is 4.84. The zero-order valence-electron chi connectivity index (χ0n) is 10.8. The van der Waals surface area contributed by atoms with E-state index < -0.39 is 0 Å². The molecule has 0 unspecified atom stereocenters. The van der Waals surface area contributed by atoms with Gasteiger partial charge >= 0.3 is 0 Å². The summed E-state index contributed by atoms with van der Waals surface area (Å²) in [6, 6.07) is 9.62. The molecule has 0 atom stereocenters. The Bertz CT molecular complexity index is 597. The standard InChI is InChI=1S/C15H14Cl2N2O/c16-11-2-5-13(17)14(7-11)20-15-6-1-10(9-19-15)8-18-12-3-4-12/h1-2,5-7,9,12,18H,3-4,8H2. The Balaban J connectivity index is 1.66. The average molecular weight is 309 g/mol. The van der Waals surface area contributed by atoms with Gasteiger partial charge in [-0.3, -0.25) is 0 Å². The van der Waals surface area contributed by atoms with Gasteiger partial charge in [-0.05, 0) is 30.5 Å². The zero-order chi connectivity index (χ0) is 13.9. The predicted octanol–water partition coefficient (Wildman–Crippen LogP) is 4.43. The first kappa shape index (κ1) is 13.7. The van der Waals surface area contributed by atoms with Crippen molar-refractivity contribution in [1.29, 1.82) is 0 Å². The predicted molar refractivity (Wildman–Crippen MR) is 80.6 cm³/mol. The minimum atomic E-state index is 0.504. The van der Waals surface area contributed by atoms with E-state index in [9.17, 15) is 0 Å². The number of halogens is 2. The smallest absolute Gasteiger partial charge is 0.219 e. The Morgan fingerprint density at radius 3 is 2.75 bits per heavy atom. The lowest BCUT2D eigenvalue weighted by molar-refractivity contribution is 0.462. The van der Waals surface area contributed by atoms with Crippen molar-refractivity contribution in [2.75, 3.05) is 0 Å². The molecule has 104 valence electrons. The lowest BCUT2D eigenvalue weighted by Gasteiger charge is -2.08. The number of ether oxygens (including phenoxy) is 1. The molecule has 1 N–H and O–H groups in total. The molecule has 2 aromatic rings. The SMILES string of the molecule is Clc1ccc(Cl)c(Oc2ccc(CNC3CC3)cn2)c1. The lowest BCUT2D eigenvalue weighted by atomic mass is 10.3. The number of pyridine rings is 1. The molecule has 1 aromatic carbocycles. The van der Waals surface area contributed by atoms with E-state index in [-0.39, 0.29) is 0 Å². The van der Waals surface area contributed by atoms with Crippen LogP contribution in [0.3, 0.4) is 0 Å². The summed E-state index contributed by atoms with van der Waals surface area (Å²) in [5.74, 6) is 1.01. The van der Waals surface area contributed by atoms with Crippen molar-refractivity contribution in [3.8, 4) is 11.6 Å². The van der Waals surface area contributed by atoms with E-state index in [1.807, 2.05) is 18.3 Å². The van der Waals surface area contributed by atoms with Gasteiger partial charge in [-0.15, -0.1) is 0 Å². The largest absolute Gasteiger partial charge is 0.437 e. The zero-order valence-corrected chi connectivity index (χ0v) is 12.3. The maximum atomic E-state index is 6.05. The van der Waals surface area contributed by atoms with E-state index in [0.717, 1.165) is 12.1 Å². The van der Waals surface area contributed by atoms with Crippen LogP contribution in [0.1, 0.15) is 18.4 Å². The van der Waals surface area contributed by atoms with Crippen molar-refractivity contribution in [1.82, 2.24) is 10.3 Å². The molecule has 3 rings (SSSR count). The summed E-state index contributed by atoms with van der Waals surface area (Å²) in [7, 11) is 0. The van der Waals surface area contributed by atoms with Crippen LogP contribution in [-0.2, 0) is 6.54 Å². The van der Waals surface area contributed by atoms with E-state index in [1.54, 1.807) is 18.2 Å². The van der Waals surface area contributed by atoms with Crippen LogP contribution in [0.5, 0.6) is 11.6 Å². The molecule has 1 aromatic heterocycles. The van der Waals surface area contributed by atoms with Crippen LogP contribution in [0, 0.1) is 0 Å². The van der Waals surface area contributed by atoms with Crippen LogP contribution < -0.4 is 10.1 Å². The van der Waals surface area contributed by atoms with Gasteiger partial charge in [0.2, 0.25) is 5.88 Å². The number of hydrogen-bond donors (Lipinski definition) is 1. The van der Waals surface area contributed by atoms with E-state index in [2.05, 4.69) is 10.3 Å². The first-order valence-electron chi connectivity index (χ1n) is 6.52. The number of benzene rings is 1. The van der Waals surface area contributed by atoms with Gasteiger partial charge in [0.25, 0.3) is 0 Å². The maximum absolute atomic E-state index is 6.05.